The summed E-state index contributed by atoms with van der Waals surface area (Å²) >= 11 is 0. The topological polar surface area (TPSA) is 109 Å². The first-order chi connectivity index (χ1) is 7.21. The van der Waals surface area contributed by atoms with Crippen LogP contribution in [0.5, 0.6) is 0 Å². The average Bonchev–Trinajstić information content (AvgIpc) is 2.06. The van der Waals surface area contributed by atoms with Crippen molar-refractivity contribution in [2.75, 3.05) is 23.0 Å². The fraction of sp³-hybridized carbons (Fsp3) is 1.00. The first-order valence-electron chi connectivity index (χ1n) is 4.35. The molecule has 11 heteroatoms. The van der Waals surface area contributed by atoms with Gasteiger partial charge in [0, 0.05) is 11.5 Å². The Labute approximate surface area is 152 Å². The summed E-state index contributed by atoms with van der Waals surface area (Å²) in [4.78, 5) is 0. The van der Waals surface area contributed by atoms with Gasteiger partial charge < -0.3 is 0 Å². The molecule has 0 aromatic carbocycles. The van der Waals surface area contributed by atoms with E-state index >= 15 is 0 Å². The third-order valence-corrected chi connectivity index (χ3v) is 5.53. The van der Waals surface area contributed by atoms with Gasteiger partial charge in [0.25, 0.3) is 20.2 Å². The van der Waals surface area contributed by atoms with Gasteiger partial charge in [0.2, 0.25) is 0 Å². The van der Waals surface area contributed by atoms with Crippen molar-refractivity contribution in [2.24, 2.45) is 0 Å². The molecule has 0 rings (SSSR count). The van der Waals surface area contributed by atoms with Crippen LogP contribution in [0, 0.1) is 0 Å². The van der Waals surface area contributed by atoms with Crippen LogP contribution in [0.15, 0.2) is 0 Å². The van der Waals surface area contributed by atoms with Crippen LogP contribution < -0.4 is 0 Å². The van der Waals surface area contributed by atoms with E-state index in [0.29, 0.717) is 24.3 Å². The summed E-state index contributed by atoms with van der Waals surface area (Å²) in [6, 6.07) is 0. The molecule has 0 fully saturated rings. The second kappa shape index (κ2) is 10.9. The van der Waals surface area contributed by atoms with Gasteiger partial charge in [0.15, 0.2) is 0 Å². The molecule has 17 heavy (non-hydrogen) atoms. The minimum atomic E-state index is -3.88. The van der Waals surface area contributed by atoms with Gasteiger partial charge >= 0.3 is 51.4 Å². The summed E-state index contributed by atoms with van der Waals surface area (Å²) in [5, 5.41) is 0. The van der Waals surface area contributed by atoms with Crippen molar-refractivity contribution in [3.63, 3.8) is 0 Å². The molecule has 0 aromatic heterocycles. The van der Waals surface area contributed by atoms with Crippen LogP contribution in [0.1, 0.15) is 12.8 Å². The Hall–Kier alpha value is 2.16. The first-order valence-corrected chi connectivity index (χ1v) is 10.1. The second-order valence-corrected chi connectivity index (χ2v) is 8.77. The van der Waals surface area contributed by atoms with Crippen molar-refractivity contribution in [3.05, 3.63) is 0 Å². The molecule has 2 N–H and O–H groups in total. The Kier molecular flexibility index (Phi) is 13.7. The molecule has 0 aromatic rings. The molecule has 0 radical (unpaired) electrons. The minimum absolute atomic E-state index is 0. The SMILES string of the molecule is O=S(=O)(O)CCCSSCCCS(=O)(=O)O.[KH]. The van der Waals surface area contributed by atoms with Gasteiger partial charge in [0.05, 0.1) is 11.5 Å². The maximum absolute atomic E-state index is 10.3. The van der Waals surface area contributed by atoms with E-state index in [4.69, 9.17) is 9.11 Å². The molecule has 0 heterocycles. The predicted molar refractivity (Wildman–Crippen MR) is 74.1 cm³/mol. The molecule has 100 valence electrons. The Morgan fingerprint density at radius 3 is 1.29 bits per heavy atom. The quantitative estimate of drug-likeness (QED) is 0.264. The molecule has 0 unspecified atom stereocenters. The van der Waals surface area contributed by atoms with Crippen LogP contribution in [-0.4, -0.2) is 100 Å². The maximum atomic E-state index is 10.3. The zero-order valence-corrected chi connectivity index (χ0v) is 11.7. The van der Waals surface area contributed by atoms with Gasteiger partial charge in [-0.3, -0.25) is 9.11 Å². The molecule has 0 aliphatic heterocycles. The van der Waals surface area contributed by atoms with Crippen LogP contribution >= 0.6 is 21.6 Å². The Bertz CT molecular complexity index is 339. The molecule has 0 spiro atoms. The van der Waals surface area contributed by atoms with E-state index in [1.165, 1.54) is 21.6 Å². The third-order valence-electron chi connectivity index (χ3n) is 1.34. The van der Waals surface area contributed by atoms with Crippen molar-refractivity contribution in [2.45, 2.75) is 12.8 Å². The van der Waals surface area contributed by atoms with E-state index in [1.807, 2.05) is 0 Å². The molecule has 0 aliphatic rings. The summed E-state index contributed by atoms with van der Waals surface area (Å²) < 4.78 is 58.1. The van der Waals surface area contributed by atoms with Gasteiger partial charge in [-0.05, 0) is 12.8 Å². The molecule has 0 bridgehead atoms. The normalized spacial score (nSPS) is 12.1. The van der Waals surface area contributed by atoms with Gasteiger partial charge in [0.1, 0.15) is 0 Å². The zero-order chi connectivity index (χ0) is 12.7. The molecule has 0 saturated carbocycles. The third kappa shape index (κ3) is 20.6. The van der Waals surface area contributed by atoms with E-state index in [0.717, 1.165) is 0 Å². The van der Waals surface area contributed by atoms with E-state index in [-0.39, 0.29) is 62.9 Å². The molecule has 6 nitrogen and oxygen atoms in total. The molecule has 0 aliphatic carbocycles. The molecule has 0 amide bonds. The summed E-state index contributed by atoms with van der Waals surface area (Å²) in [5.41, 5.74) is 0. The van der Waals surface area contributed by atoms with Crippen molar-refractivity contribution < 1.29 is 25.9 Å². The van der Waals surface area contributed by atoms with Crippen molar-refractivity contribution >= 4 is 93.2 Å². The van der Waals surface area contributed by atoms with Crippen LogP contribution in [0.25, 0.3) is 0 Å². The fourth-order valence-electron chi connectivity index (χ4n) is 0.718. The molecular weight excluding hydrogens is 335 g/mol. The molecule has 0 atom stereocenters. The van der Waals surface area contributed by atoms with Gasteiger partial charge in [-0.2, -0.15) is 16.8 Å². The molecule has 0 saturated heterocycles. The van der Waals surface area contributed by atoms with Crippen LogP contribution in [0.3, 0.4) is 0 Å². The second-order valence-electron chi connectivity index (χ2n) is 2.92. The number of hydrogen-bond donors (Lipinski definition) is 2. The Morgan fingerprint density at radius 2 is 1.06 bits per heavy atom. The molecular formula is C6H15KO6S4. The summed E-state index contributed by atoms with van der Waals surface area (Å²) in [5.74, 6) is 0.615. The monoisotopic (exact) mass is 350 g/mol. The zero-order valence-electron chi connectivity index (χ0n) is 8.40. The van der Waals surface area contributed by atoms with E-state index in [1.54, 1.807) is 0 Å². The number of rotatable bonds is 9. The van der Waals surface area contributed by atoms with Crippen molar-refractivity contribution in [1.29, 1.82) is 0 Å². The summed E-state index contributed by atoms with van der Waals surface area (Å²) in [6.45, 7) is 0. The standard InChI is InChI=1S/C6H14O6S4.K.H/c7-15(8,9)5-1-3-13-14-4-2-6-16(10,11)12;;/h1-6H2,(H,7,8,9)(H,10,11,12);;. The van der Waals surface area contributed by atoms with Crippen LogP contribution in [0.2, 0.25) is 0 Å². The Balaban J connectivity index is 0. The number of hydrogen-bond acceptors (Lipinski definition) is 6. The van der Waals surface area contributed by atoms with E-state index in [2.05, 4.69) is 0 Å². The van der Waals surface area contributed by atoms with Crippen LogP contribution in [-0.2, 0) is 20.2 Å². The van der Waals surface area contributed by atoms with Crippen molar-refractivity contribution in [1.82, 2.24) is 0 Å². The van der Waals surface area contributed by atoms with E-state index in [9.17, 15) is 16.8 Å². The van der Waals surface area contributed by atoms with E-state index < -0.39 is 20.2 Å². The van der Waals surface area contributed by atoms with Crippen molar-refractivity contribution in [3.8, 4) is 0 Å². The predicted octanol–water partition coefficient (Wildman–Crippen LogP) is 0.275. The summed E-state index contributed by atoms with van der Waals surface area (Å²) in [6.07, 6.45) is 0.712. The average molecular weight is 351 g/mol. The van der Waals surface area contributed by atoms with Gasteiger partial charge in [-0.15, -0.1) is 0 Å². The van der Waals surface area contributed by atoms with Gasteiger partial charge in [-0.1, -0.05) is 21.6 Å². The van der Waals surface area contributed by atoms with Crippen LogP contribution in [0.4, 0.5) is 0 Å². The Morgan fingerprint density at radius 1 is 0.765 bits per heavy atom. The van der Waals surface area contributed by atoms with Gasteiger partial charge in [-0.25, -0.2) is 0 Å². The summed E-state index contributed by atoms with van der Waals surface area (Å²) in [7, 11) is -4.93. The first kappa shape index (κ1) is 21.5. The fourth-order valence-corrected chi connectivity index (χ4v) is 4.28.